The van der Waals surface area contributed by atoms with Crippen LogP contribution in [0.3, 0.4) is 0 Å². The topological polar surface area (TPSA) is 110 Å². The summed E-state index contributed by atoms with van der Waals surface area (Å²) in [5.74, 6) is -0.764. The van der Waals surface area contributed by atoms with E-state index < -0.39 is 23.0 Å². The van der Waals surface area contributed by atoms with Gasteiger partial charge in [-0.3, -0.25) is 9.36 Å². The summed E-state index contributed by atoms with van der Waals surface area (Å²) in [6.45, 7) is 9.45. The summed E-state index contributed by atoms with van der Waals surface area (Å²) in [5, 5.41) is 11.0. The van der Waals surface area contributed by atoms with Gasteiger partial charge in [0.1, 0.15) is 40.1 Å². The van der Waals surface area contributed by atoms with Crippen molar-refractivity contribution in [3.05, 3.63) is 52.2 Å². The molecule has 0 unspecified atom stereocenters. The molecule has 2 fully saturated rings. The van der Waals surface area contributed by atoms with E-state index in [0.717, 1.165) is 0 Å². The minimum absolute atomic E-state index is 0.0167. The molecule has 10 nitrogen and oxygen atoms in total. The zero-order valence-electron chi connectivity index (χ0n) is 21.5. The number of aromatic nitrogens is 3. The third-order valence-corrected chi connectivity index (χ3v) is 8.14. The van der Waals surface area contributed by atoms with Gasteiger partial charge in [-0.15, -0.1) is 0 Å². The van der Waals surface area contributed by atoms with Crippen LogP contribution in [0.1, 0.15) is 19.9 Å². The fourth-order valence-electron chi connectivity index (χ4n) is 5.70. The van der Waals surface area contributed by atoms with Gasteiger partial charge in [-0.25, -0.2) is 14.2 Å². The number of rotatable bonds is 3. The zero-order chi connectivity index (χ0) is 27.6. The minimum atomic E-state index is -0.728. The second-order valence-corrected chi connectivity index (χ2v) is 11.1. The number of nitrogens with zero attached hydrogens (tertiary/aromatic N) is 5. The maximum atomic E-state index is 15.1. The molecule has 3 aliphatic heterocycles. The molecule has 1 aromatic carbocycles. The number of amides is 1. The van der Waals surface area contributed by atoms with E-state index in [0.29, 0.717) is 37.4 Å². The molecule has 0 aliphatic carbocycles. The van der Waals surface area contributed by atoms with Crippen LogP contribution in [0.15, 0.2) is 35.6 Å². The predicted octanol–water partition coefficient (Wildman–Crippen LogP) is 3.15. The summed E-state index contributed by atoms with van der Waals surface area (Å²) in [7, 11) is 0. The normalized spacial score (nSPS) is 21.8. The second kappa shape index (κ2) is 9.20. The van der Waals surface area contributed by atoms with E-state index in [1.54, 1.807) is 4.90 Å². The van der Waals surface area contributed by atoms with Crippen LogP contribution in [0.2, 0.25) is 5.02 Å². The van der Waals surface area contributed by atoms with Crippen molar-refractivity contribution in [3.8, 4) is 22.8 Å². The van der Waals surface area contributed by atoms with Gasteiger partial charge in [-0.05, 0) is 18.2 Å². The van der Waals surface area contributed by atoms with Crippen LogP contribution in [0.25, 0.3) is 22.3 Å². The Morgan fingerprint density at radius 2 is 2.08 bits per heavy atom. The van der Waals surface area contributed by atoms with Crippen LogP contribution in [-0.2, 0) is 9.53 Å². The smallest absolute Gasteiger partial charge is 0.351 e. The van der Waals surface area contributed by atoms with Crippen molar-refractivity contribution in [3.63, 3.8) is 0 Å². The van der Waals surface area contributed by atoms with Gasteiger partial charge in [0.25, 0.3) is 0 Å². The molecular weight excluding hydrogens is 529 g/mol. The summed E-state index contributed by atoms with van der Waals surface area (Å²) in [5.41, 5.74) is -1.03. The van der Waals surface area contributed by atoms with Crippen molar-refractivity contribution in [2.24, 2.45) is 5.41 Å². The molecule has 1 N–H and O–H groups in total. The van der Waals surface area contributed by atoms with Crippen LogP contribution in [-0.4, -0.2) is 75.9 Å². The van der Waals surface area contributed by atoms with E-state index in [1.807, 2.05) is 18.7 Å². The molecular formula is C27H27ClFN5O5. The highest BCUT2D eigenvalue weighted by Gasteiger charge is 2.42. The molecule has 6 rings (SSSR count). The van der Waals surface area contributed by atoms with Gasteiger partial charge in [-0.1, -0.05) is 38.1 Å². The van der Waals surface area contributed by atoms with Gasteiger partial charge in [0.2, 0.25) is 5.91 Å². The highest BCUT2D eigenvalue weighted by molar-refractivity contribution is 6.36. The number of piperazine rings is 1. The van der Waals surface area contributed by atoms with Gasteiger partial charge < -0.3 is 24.4 Å². The lowest BCUT2D eigenvalue weighted by Crippen LogP contribution is -2.56. The standard InChI is InChI=1S/C27H27ClFN5O5/c1-4-18(36)32-8-9-33-14(10-32)11-39-23-20-24(33)31-26(37)34(17-12-38-13-27(17,2)3)25(20)30-22(21(23)28)19-15(29)6-5-7-16(19)35/h4-7,14,17,35H,1,8-13H2,2-3H3/t14-,17-/m1/s1. The van der Waals surface area contributed by atoms with Gasteiger partial charge >= 0.3 is 5.69 Å². The number of hydrogen-bond acceptors (Lipinski definition) is 8. The molecule has 204 valence electrons. The Hall–Kier alpha value is -3.70. The molecule has 0 bridgehead atoms. The average molecular weight is 556 g/mol. The number of fused-ring (bicyclic) bond motifs is 2. The third kappa shape index (κ3) is 3.94. The largest absolute Gasteiger partial charge is 0.507 e. The molecule has 2 atom stereocenters. The van der Waals surface area contributed by atoms with Crippen molar-refractivity contribution in [2.75, 3.05) is 44.4 Å². The molecule has 3 aromatic rings. The highest BCUT2D eigenvalue weighted by atomic mass is 35.5. The number of ether oxygens (including phenoxy) is 2. The van der Waals surface area contributed by atoms with Gasteiger partial charge in [-0.2, -0.15) is 4.98 Å². The number of benzene rings is 1. The van der Waals surface area contributed by atoms with Gasteiger partial charge in [0, 0.05) is 25.0 Å². The predicted molar refractivity (Wildman–Crippen MR) is 143 cm³/mol. The molecule has 2 saturated heterocycles. The Morgan fingerprint density at radius 1 is 1.28 bits per heavy atom. The first kappa shape index (κ1) is 25.6. The minimum Gasteiger partial charge on any atom is -0.507 e. The van der Waals surface area contributed by atoms with Crippen molar-refractivity contribution in [1.82, 2.24) is 19.4 Å². The maximum Gasteiger partial charge on any atom is 0.351 e. The van der Waals surface area contributed by atoms with Crippen LogP contribution < -0.4 is 15.3 Å². The van der Waals surface area contributed by atoms with Crippen molar-refractivity contribution < 1.29 is 23.8 Å². The fourth-order valence-corrected chi connectivity index (χ4v) is 5.98. The second-order valence-electron chi connectivity index (χ2n) is 10.7. The molecule has 3 aliphatic rings. The van der Waals surface area contributed by atoms with E-state index in [2.05, 4.69) is 11.6 Å². The molecule has 5 heterocycles. The first-order chi connectivity index (χ1) is 18.6. The third-order valence-electron chi connectivity index (χ3n) is 7.79. The molecule has 2 aromatic heterocycles. The summed E-state index contributed by atoms with van der Waals surface area (Å²) in [6.07, 6.45) is 1.26. The van der Waals surface area contributed by atoms with Gasteiger partial charge in [0.05, 0.1) is 30.9 Å². The average Bonchev–Trinajstić information content (AvgIpc) is 3.16. The molecule has 0 radical (unpaired) electrons. The van der Waals surface area contributed by atoms with Crippen LogP contribution in [0.5, 0.6) is 11.5 Å². The summed E-state index contributed by atoms with van der Waals surface area (Å²) in [6, 6.07) is 3.15. The van der Waals surface area contributed by atoms with E-state index in [4.69, 9.17) is 26.1 Å². The Balaban J connectivity index is 1.65. The van der Waals surface area contributed by atoms with Gasteiger partial charge in [0.15, 0.2) is 11.4 Å². The monoisotopic (exact) mass is 555 g/mol. The number of pyridine rings is 1. The summed E-state index contributed by atoms with van der Waals surface area (Å²) in [4.78, 5) is 38.9. The van der Waals surface area contributed by atoms with Crippen LogP contribution >= 0.6 is 11.6 Å². The zero-order valence-corrected chi connectivity index (χ0v) is 22.2. The first-order valence-corrected chi connectivity index (χ1v) is 13.0. The van der Waals surface area contributed by atoms with Crippen molar-refractivity contribution >= 4 is 34.4 Å². The summed E-state index contributed by atoms with van der Waals surface area (Å²) >= 11 is 6.85. The lowest BCUT2D eigenvalue weighted by molar-refractivity contribution is -0.126. The fraction of sp³-hybridized carbons (Fsp3) is 0.407. The van der Waals surface area contributed by atoms with E-state index in [-0.39, 0.29) is 58.6 Å². The van der Waals surface area contributed by atoms with Crippen LogP contribution in [0.4, 0.5) is 10.2 Å². The molecule has 12 heteroatoms. The first-order valence-electron chi connectivity index (χ1n) is 12.6. The molecule has 1 amide bonds. The number of phenolic OH excluding ortho intramolecular Hbond substituents is 1. The molecule has 0 saturated carbocycles. The highest BCUT2D eigenvalue weighted by Crippen LogP contribution is 2.48. The maximum absolute atomic E-state index is 15.1. The van der Waals surface area contributed by atoms with Crippen molar-refractivity contribution in [2.45, 2.75) is 25.9 Å². The number of hydrogen-bond donors (Lipinski definition) is 1. The lowest BCUT2D eigenvalue weighted by Gasteiger charge is -2.40. The van der Waals surface area contributed by atoms with E-state index in [1.165, 1.54) is 28.8 Å². The Labute approximate surface area is 228 Å². The lowest BCUT2D eigenvalue weighted by atomic mass is 9.87. The quantitative estimate of drug-likeness (QED) is 0.491. The molecule has 0 spiro atoms. The number of aromatic hydroxyl groups is 1. The number of phenols is 1. The molecule has 39 heavy (non-hydrogen) atoms. The number of carbonyl (C=O) groups excluding carboxylic acids is 1. The van der Waals surface area contributed by atoms with Crippen LogP contribution in [0, 0.1) is 11.2 Å². The SMILES string of the molecule is C=CC(=O)N1CCN2c3nc(=O)n([C@@H]4COCC4(C)C)c4nc(-c5c(O)cccc5F)c(Cl)c(c34)OC[C@H]2C1. The van der Waals surface area contributed by atoms with E-state index >= 15 is 4.39 Å². The number of halogens is 2. The Bertz CT molecular complexity index is 1570. The number of anilines is 1. The summed E-state index contributed by atoms with van der Waals surface area (Å²) < 4.78 is 28.5. The van der Waals surface area contributed by atoms with Crippen molar-refractivity contribution in [1.29, 1.82) is 0 Å². The number of carbonyl (C=O) groups is 1. The van der Waals surface area contributed by atoms with E-state index in [9.17, 15) is 14.7 Å². The Kier molecular flexibility index (Phi) is 6.03. The Morgan fingerprint density at radius 3 is 2.77 bits per heavy atom.